The van der Waals surface area contributed by atoms with Crippen LogP contribution in [0, 0.1) is 0 Å². The van der Waals surface area contributed by atoms with E-state index in [4.69, 9.17) is 4.74 Å². The van der Waals surface area contributed by atoms with Crippen molar-refractivity contribution in [2.24, 2.45) is 0 Å². The van der Waals surface area contributed by atoms with Crippen molar-refractivity contribution in [3.05, 3.63) is 103 Å². The lowest BCUT2D eigenvalue weighted by atomic mass is 10.1. The van der Waals surface area contributed by atoms with Crippen molar-refractivity contribution in [1.29, 1.82) is 0 Å². The van der Waals surface area contributed by atoms with Crippen molar-refractivity contribution in [1.82, 2.24) is 14.9 Å². The van der Waals surface area contributed by atoms with Gasteiger partial charge in [-0.1, -0.05) is 48.5 Å². The average Bonchev–Trinajstić information content (AvgIpc) is 3.42. The van der Waals surface area contributed by atoms with Crippen LogP contribution in [0.5, 0.6) is 5.75 Å². The van der Waals surface area contributed by atoms with Crippen LogP contribution in [-0.4, -0.2) is 36.5 Å². The first kappa shape index (κ1) is 21.7. The van der Waals surface area contributed by atoms with Crippen LogP contribution in [0.2, 0.25) is 0 Å². The number of sulfonamides is 1. The molecule has 9 heteroatoms. The number of para-hydroxylation sites is 3. The summed E-state index contributed by atoms with van der Waals surface area (Å²) < 4.78 is 35.8. The van der Waals surface area contributed by atoms with Crippen LogP contribution in [0.4, 0.5) is 5.69 Å². The maximum atomic E-state index is 13.4. The van der Waals surface area contributed by atoms with E-state index in [9.17, 15) is 13.2 Å². The Balaban J connectivity index is 1.39. The Morgan fingerprint density at radius 2 is 1.68 bits per heavy atom. The number of aromatic nitrogens is 2. The second-order valence-corrected chi connectivity index (χ2v) is 9.60. The minimum absolute atomic E-state index is 0.136. The van der Waals surface area contributed by atoms with Crippen LogP contribution < -0.4 is 14.4 Å². The van der Waals surface area contributed by atoms with Crippen molar-refractivity contribution in [3.8, 4) is 11.4 Å². The first-order chi connectivity index (χ1) is 16.5. The van der Waals surface area contributed by atoms with E-state index in [1.54, 1.807) is 55.0 Å². The maximum absolute atomic E-state index is 13.4. The number of hydrogen-bond acceptors (Lipinski definition) is 5. The van der Waals surface area contributed by atoms with Crippen molar-refractivity contribution in [2.75, 3.05) is 10.8 Å². The lowest BCUT2D eigenvalue weighted by Crippen LogP contribution is -2.50. The van der Waals surface area contributed by atoms with Gasteiger partial charge in [-0.15, -0.1) is 0 Å². The number of carbonyl (C=O) groups excluding carboxylic acids is 1. The lowest BCUT2D eigenvalue weighted by Gasteiger charge is -2.34. The quantitative estimate of drug-likeness (QED) is 0.463. The highest BCUT2D eigenvalue weighted by atomic mass is 32.2. The summed E-state index contributed by atoms with van der Waals surface area (Å²) in [6.45, 7) is 0.114. The monoisotopic (exact) mass is 474 g/mol. The van der Waals surface area contributed by atoms with Crippen molar-refractivity contribution in [2.45, 2.75) is 17.5 Å². The van der Waals surface area contributed by atoms with Crippen LogP contribution in [0.25, 0.3) is 5.69 Å². The molecule has 8 nitrogen and oxygen atoms in total. The number of fused-ring (bicyclic) bond motifs is 1. The number of benzene rings is 3. The molecular weight excluding hydrogens is 452 g/mol. The largest absolute Gasteiger partial charge is 0.476 e. The first-order valence-corrected chi connectivity index (χ1v) is 12.2. The predicted octanol–water partition coefficient (Wildman–Crippen LogP) is 3.15. The number of ether oxygens (including phenoxy) is 1. The molecule has 1 aliphatic rings. The third kappa shape index (κ3) is 4.13. The second-order valence-electron chi connectivity index (χ2n) is 7.74. The summed E-state index contributed by atoms with van der Waals surface area (Å²) in [4.78, 5) is 17.3. The van der Waals surface area contributed by atoms with Gasteiger partial charge in [0.25, 0.3) is 15.9 Å². The lowest BCUT2D eigenvalue weighted by molar-refractivity contribution is -0.127. The fraction of sp³-hybridized carbons (Fsp3) is 0.120. The van der Waals surface area contributed by atoms with Gasteiger partial charge < -0.3 is 14.6 Å². The van der Waals surface area contributed by atoms with E-state index < -0.39 is 22.0 Å². The van der Waals surface area contributed by atoms with Crippen LogP contribution in [0.1, 0.15) is 5.56 Å². The molecule has 0 bridgehead atoms. The number of nitrogens with zero attached hydrogens (tertiary/aromatic N) is 3. The zero-order valence-electron chi connectivity index (χ0n) is 18.1. The van der Waals surface area contributed by atoms with Gasteiger partial charge in [0, 0.05) is 18.9 Å². The molecule has 0 radical (unpaired) electrons. The third-order valence-electron chi connectivity index (χ3n) is 5.59. The highest BCUT2D eigenvalue weighted by Gasteiger charge is 2.37. The molecule has 5 rings (SSSR count). The summed E-state index contributed by atoms with van der Waals surface area (Å²) in [6, 6.07) is 22.6. The van der Waals surface area contributed by atoms with Gasteiger partial charge in [0.15, 0.2) is 6.10 Å². The molecular formula is C25H22N4O4S. The number of nitrogens with one attached hydrogen (secondary N) is 1. The van der Waals surface area contributed by atoms with E-state index in [0.717, 1.165) is 11.3 Å². The van der Waals surface area contributed by atoms with Crippen molar-refractivity contribution < 1.29 is 17.9 Å². The summed E-state index contributed by atoms with van der Waals surface area (Å²) in [6.07, 6.45) is 4.20. The molecule has 1 aliphatic heterocycles. The molecule has 0 saturated heterocycles. The fourth-order valence-corrected chi connectivity index (χ4v) is 5.39. The smallest absolute Gasteiger partial charge is 0.264 e. The Kier molecular flexibility index (Phi) is 5.77. The molecule has 0 aliphatic carbocycles. The van der Waals surface area contributed by atoms with Gasteiger partial charge in [0.2, 0.25) is 0 Å². The number of imidazole rings is 1. The van der Waals surface area contributed by atoms with Crippen LogP contribution in [-0.2, 0) is 21.4 Å². The van der Waals surface area contributed by atoms with E-state index in [0.29, 0.717) is 11.4 Å². The zero-order chi connectivity index (χ0) is 23.5. The molecule has 1 atom stereocenters. The number of amides is 1. The Morgan fingerprint density at radius 3 is 2.44 bits per heavy atom. The Hall–Kier alpha value is -4.11. The van der Waals surface area contributed by atoms with Crippen molar-refractivity contribution >= 4 is 21.6 Å². The third-order valence-corrected chi connectivity index (χ3v) is 7.38. The predicted molar refractivity (Wildman–Crippen MR) is 127 cm³/mol. The van der Waals surface area contributed by atoms with Gasteiger partial charge in [-0.05, 0) is 35.9 Å². The molecule has 4 aromatic rings. The summed E-state index contributed by atoms with van der Waals surface area (Å²) in [5, 5.41) is 2.89. The van der Waals surface area contributed by atoms with Crippen molar-refractivity contribution in [3.63, 3.8) is 0 Å². The minimum Gasteiger partial charge on any atom is -0.476 e. The molecule has 0 fully saturated rings. The van der Waals surface area contributed by atoms with E-state index in [1.807, 2.05) is 35.0 Å². The average molecular weight is 475 g/mol. The van der Waals surface area contributed by atoms with E-state index in [-0.39, 0.29) is 18.0 Å². The molecule has 1 amide bonds. The van der Waals surface area contributed by atoms with Gasteiger partial charge in [0.05, 0.1) is 29.1 Å². The Labute approximate surface area is 197 Å². The Bertz CT molecular complexity index is 1410. The van der Waals surface area contributed by atoms with E-state index in [1.165, 1.54) is 16.4 Å². The van der Waals surface area contributed by atoms with Crippen LogP contribution in [0.3, 0.4) is 0 Å². The van der Waals surface area contributed by atoms with Gasteiger partial charge >= 0.3 is 0 Å². The molecule has 0 saturated carbocycles. The number of anilines is 1. The molecule has 172 valence electrons. The fourth-order valence-electron chi connectivity index (χ4n) is 3.90. The number of hydrogen-bond donors (Lipinski definition) is 1. The minimum atomic E-state index is -3.88. The number of rotatable bonds is 6. The number of carbonyl (C=O) groups is 1. The molecule has 34 heavy (non-hydrogen) atoms. The molecule has 0 spiro atoms. The normalized spacial score (nSPS) is 15.3. The van der Waals surface area contributed by atoms with Gasteiger partial charge in [-0.3, -0.25) is 9.10 Å². The SMILES string of the molecule is O=C(NCc1ccccc1-n1ccnc1)C1CN(S(=O)(=O)c2ccccc2)c2ccccc2O1. The highest BCUT2D eigenvalue weighted by Crippen LogP contribution is 2.36. The van der Waals surface area contributed by atoms with Gasteiger partial charge in [-0.2, -0.15) is 0 Å². The Morgan fingerprint density at radius 1 is 0.971 bits per heavy atom. The summed E-state index contributed by atoms with van der Waals surface area (Å²) in [5.74, 6) is -0.0598. The topological polar surface area (TPSA) is 93.5 Å². The van der Waals surface area contributed by atoms with E-state index in [2.05, 4.69) is 10.3 Å². The van der Waals surface area contributed by atoms with Gasteiger partial charge in [-0.25, -0.2) is 13.4 Å². The van der Waals surface area contributed by atoms with Crippen LogP contribution in [0.15, 0.2) is 102 Å². The second kappa shape index (κ2) is 9.03. The molecule has 2 heterocycles. The van der Waals surface area contributed by atoms with Gasteiger partial charge in [0.1, 0.15) is 5.75 Å². The molecule has 1 N–H and O–H groups in total. The standard InChI is InChI=1S/C25H22N4O4S/c30-25(27-16-19-8-4-5-11-21(19)28-15-14-26-18-28)24-17-29(22-12-6-7-13-23(22)33-24)34(31,32)20-9-2-1-3-10-20/h1-15,18,24H,16-17H2,(H,27,30). The molecule has 1 unspecified atom stereocenters. The summed E-state index contributed by atoms with van der Waals surface area (Å²) >= 11 is 0. The van der Waals surface area contributed by atoms with Crippen LogP contribution >= 0.6 is 0 Å². The zero-order valence-corrected chi connectivity index (χ0v) is 18.9. The molecule has 1 aromatic heterocycles. The highest BCUT2D eigenvalue weighted by molar-refractivity contribution is 7.92. The van der Waals surface area contributed by atoms with E-state index >= 15 is 0 Å². The summed E-state index contributed by atoms with van der Waals surface area (Å²) in [7, 11) is -3.88. The first-order valence-electron chi connectivity index (χ1n) is 10.7. The maximum Gasteiger partial charge on any atom is 0.264 e. The summed E-state index contributed by atoms with van der Waals surface area (Å²) in [5.41, 5.74) is 2.18. The molecule has 3 aromatic carbocycles.